The average Bonchev–Trinajstić information content (AvgIpc) is 3.11. The van der Waals surface area contributed by atoms with E-state index in [1.165, 1.54) is 0 Å². The molecule has 2 bridgehead atoms. The van der Waals surface area contributed by atoms with E-state index in [-0.39, 0.29) is 60.7 Å². The van der Waals surface area contributed by atoms with Crippen LogP contribution in [0, 0.1) is 23.7 Å². The van der Waals surface area contributed by atoms with Gasteiger partial charge in [0.2, 0.25) is 0 Å². The third-order valence-corrected chi connectivity index (χ3v) is 7.41. The second-order valence-electron chi connectivity index (χ2n) is 7.29. The van der Waals surface area contributed by atoms with Crippen LogP contribution in [-0.2, 0) is 29.2 Å². The highest BCUT2D eigenvalue weighted by atomic mass is 32.2. The zero-order valence-electron chi connectivity index (χ0n) is 12.6. The van der Waals surface area contributed by atoms with Crippen LogP contribution in [0.2, 0.25) is 0 Å². The van der Waals surface area contributed by atoms with Crippen molar-refractivity contribution in [2.45, 2.75) is 56.0 Å². The number of fused-ring (bicyclic) bond motifs is 1. The number of hydrogen-bond acceptors (Lipinski definition) is 6. The van der Waals surface area contributed by atoms with Crippen molar-refractivity contribution in [3.63, 3.8) is 0 Å². The number of rotatable bonds is 3. The van der Waals surface area contributed by atoms with Crippen LogP contribution in [0.3, 0.4) is 0 Å². The molecule has 3 saturated carbocycles. The lowest BCUT2D eigenvalue weighted by Crippen LogP contribution is -2.39. The molecule has 8 heteroatoms. The van der Waals surface area contributed by atoms with Crippen LogP contribution in [-0.4, -0.2) is 42.4 Å². The highest BCUT2D eigenvalue weighted by Gasteiger charge is 2.63. The van der Waals surface area contributed by atoms with Crippen molar-refractivity contribution >= 4 is 22.1 Å². The van der Waals surface area contributed by atoms with Crippen LogP contribution < -0.4 is 0 Å². The molecule has 5 atom stereocenters. The van der Waals surface area contributed by atoms with E-state index in [1.54, 1.807) is 0 Å². The van der Waals surface area contributed by atoms with Gasteiger partial charge in [-0.1, -0.05) is 0 Å². The molecule has 0 aromatic heterocycles. The van der Waals surface area contributed by atoms with E-state index in [0.29, 0.717) is 12.8 Å². The Morgan fingerprint density at radius 3 is 2.52 bits per heavy atom. The Balaban J connectivity index is 1.36. The topological polar surface area (TPSA) is 107 Å². The van der Waals surface area contributed by atoms with Crippen molar-refractivity contribution in [1.29, 1.82) is 0 Å². The zero-order valence-corrected chi connectivity index (χ0v) is 13.4. The summed E-state index contributed by atoms with van der Waals surface area (Å²) in [6.45, 7) is 0. The lowest BCUT2D eigenvalue weighted by molar-refractivity contribution is -0.166. The van der Waals surface area contributed by atoms with Gasteiger partial charge in [-0.15, -0.1) is 0 Å². The molecule has 0 spiro atoms. The van der Waals surface area contributed by atoms with Gasteiger partial charge in [0.05, 0.1) is 17.1 Å². The van der Waals surface area contributed by atoms with E-state index in [1.807, 2.05) is 0 Å². The molecule has 23 heavy (non-hydrogen) atoms. The summed E-state index contributed by atoms with van der Waals surface area (Å²) in [5.41, 5.74) is 0. The van der Waals surface area contributed by atoms with Gasteiger partial charge in [0.25, 0.3) is 10.1 Å². The Morgan fingerprint density at radius 1 is 1.17 bits per heavy atom. The molecule has 4 fully saturated rings. The largest absolute Gasteiger partial charge is 0.458 e. The predicted molar refractivity (Wildman–Crippen MR) is 76.8 cm³/mol. The number of esters is 2. The maximum atomic E-state index is 12.4. The van der Waals surface area contributed by atoms with E-state index in [2.05, 4.69) is 0 Å². The molecule has 1 N–H and O–H groups in total. The quantitative estimate of drug-likeness (QED) is 0.599. The lowest BCUT2D eigenvalue weighted by atomic mass is 9.87. The standard InChI is InChI=1S/C15H20O7S/c16-14(7-1-3-9(4-2-7)23(18,19)20)21-12-8-5-10-11(6-8)15(17)22-13(10)12/h7-13H,1-6H2,(H,18,19,20). The van der Waals surface area contributed by atoms with Crippen molar-refractivity contribution < 1.29 is 32.0 Å². The average molecular weight is 344 g/mol. The Morgan fingerprint density at radius 2 is 1.87 bits per heavy atom. The van der Waals surface area contributed by atoms with Gasteiger partial charge in [-0.2, -0.15) is 8.42 Å². The van der Waals surface area contributed by atoms with Crippen LogP contribution in [0.15, 0.2) is 0 Å². The maximum Gasteiger partial charge on any atom is 0.309 e. The predicted octanol–water partition coefficient (Wildman–Crippen LogP) is 0.926. The lowest BCUT2D eigenvalue weighted by Gasteiger charge is -2.29. The summed E-state index contributed by atoms with van der Waals surface area (Å²) in [7, 11) is -4.03. The monoisotopic (exact) mass is 344 g/mol. The van der Waals surface area contributed by atoms with Gasteiger partial charge in [-0.3, -0.25) is 14.1 Å². The van der Waals surface area contributed by atoms with Crippen molar-refractivity contribution in [2.24, 2.45) is 23.7 Å². The second-order valence-corrected chi connectivity index (χ2v) is 8.99. The smallest absolute Gasteiger partial charge is 0.309 e. The molecule has 0 aromatic carbocycles. The molecule has 1 saturated heterocycles. The first-order valence-electron chi connectivity index (χ1n) is 8.22. The molecule has 0 aromatic rings. The van der Waals surface area contributed by atoms with Gasteiger partial charge in [-0.25, -0.2) is 0 Å². The summed E-state index contributed by atoms with van der Waals surface area (Å²) in [5, 5.41) is -0.773. The highest BCUT2D eigenvalue weighted by molar-refractivity contribution is 7.86. The maximum absolute atomic E-state index is 12.4. The van der Waals surface area contributed by atoms with Crippen LogP contribution in [0.5, 0.6) is 0 Å². The molecular weight excluding hydrogens is 324 g/mol. The Kier molecular flexibility index (Phi) is 3.46. The van der Waals surface area contributed by atoms with Crippen LogP contribution in [0.25, 0.3) is 0 Å². The molecule has 7 nitrogen and oxygen atoms in total. The van der Waals surface area contributed by atoms with Crippen molar-refractivity contribution in [3.8, 4) is 0 Å². The fourth-order valence-corrected chi connectivity index (χ4v) is 5.76. The normalized spacial score (nSPS) is 45.1. The molecule has 0 radical (unpaired) electrons. The van der Waals surface area contributed by atoms with Gasteiger partial charge in [-0.05, 0) is 38.5 Å². The number of hydrogen-bond donors (Lipinski definition) is 1. The van der Waals surface area contributed by atoms with E-state index in [0.717, 1.165) is 12.8 Å². The first-order valence-corrected chi connectivity index (χ1v) is 9.72. The molecule has 4 aliphatic rings. The van der Waals surface area contributed by atoms with Gasteiger partial charge >= 0.3 is 11.9 Å². The van der Waals surface area contributed by atoms with Crippen molar-refractivity contribution in [3.05, 3.63) is 0 Å². The van der Waals surface area contributed by atoms with Crippen molar-refractivity contribution in [1.82, 2.24) is 0 Å². The summed E-state index contributed by atoms with van der Waals surface area (Å²) in [4.78, 5) is 24.1. The van der Waals surface area contributed by atoms with Crippen LogP contribution in [0.1, 0.15) is 38.5 Å². The van der Waals surface area contributed by atoms with Gasteiger partial charge in [0, 0.05) is 11.8 Å². The fourth-order valence-electron chi connectivity index (χ4n) is 4.89. The van der Waals surface area contributed by atoms with Gasteiger partial charge in [0.1, 0.15) is 12.2 Å². The molecule has 3 aliphatic carbocycles. The van der Waals surface area contributed by atoms with Gasteiger partial charge < -0.3 is 9.47 Å². The first-order chi connectivity index (χ1) is 10.8. The zero-order chi connectivity index (χ0) is 16.4. The third kappa shape index (κ3) is 2.46. The minimum absolute atomic E-state index is 0.00912. The number of carbonyl (C=O) groups excluding carboxylic acids is 2. The van der Waals surface area contributed by atoms with Crippen molar-refractivity contribution in [2.75, 3.05) is 0 Å². The Labute approximate surface area is 134 Å². The van der Waals surface area contributed by atoms with Crippen LogP contribution >= 0.6 is 0 Å². The first kappa shape index (κ1) is 15.4. The molecule has 5 unspecified atom stereocenters. The summed E-state index contributed by atoms with van der Waals surface area (Å²) in [6.07, 6.45) is 2.35. The Bertz CT molecular complexity index is 634. The molecule has 128 valence electrons. The molecule has 1 heterocycles. The second kappa shape index (κ2) is 5.17. The Hall–Kier alpha value is -1.15. The summed E-state index contributed by atoms with van der Waals surface area (Å²) >= 11 is 0. The molecule has 1 aliphatic heterocycles. The summed E-state index contributed by atoms with van der Waals surface area (Å²) in [6, 6.07) is 0. The molecule has 0 amide bonds. The minimum Gasteiger partial charge on any atom is -0.458 e. The highest BCUT2D eigenvalue weighted by Crippen LogP contribution is 2.55. The van der Waals surface area contributed by atoms with E-state index in [4.69, 9.17) is 14.0 Å². The van der Waals surface area contributed by atoms with E-state index < -0.39 is 15.4 Å². The summed E-state index contributed by atoms with van der Waals surface area (Å²) in [5.74, 6) is -0.421. The molecule has 4 rings (SSSR count). The summed E-state index contributed by atoms with van der Waals surface area (Å²) < 4.78 is 42.4. The third-order valence-electron chi connectivity index (χ3n) is 6.09. The SMILES string of the molecule is O=C(OC1C2CC3C(=O)OC1C3C2)C1CCC(S(=O)(=O)O)CC1. The van der Waals surface area contributed by atoms with E-state index in [9.17, 15) is 18.0 Å². The van der Waals surface area contributed by atoms with E-state index >= 15 is 0 Å². The number of ether oxygens (including phenoxy) is 2. The molecular formula is C15H20O7S. The van der Waals surface area contributed by atoms with Gasteiger partial charge in [0.15, 0.2) is 0 Å². The van der Waals surface area contributed by atoms with Crippen LogP contribution in [0.4, 0.5) is 0 Å². The number of carbonyl (C=O) groups is 2. The fraction of sp³-hybridized carbons (Fsp3) is 0.867. The minimum atomic E-state index is -4.03.